The zero-order valence-corrected chi connectivity index (χ0v) is 11.0. The number of halogens is 3. The monoisotopic (exact) mass is 297 g/mol. The maximum atomic E-state index is 13.0. The standard InChI is InChI=1S/C14H10ClF2NO2/c15-8-14(19)18-9-1-3-10(4-2-9)20-11-5-6-12(16)13(17)7-11/h1-7H,8H2,(H,18,19). The first kappa shape index (κ1) is 14.3. The SMILES string of the molecule is O=C(CCl)Nc1ccc(Oc2ccc(F)c(F)c2)cc1. The third-order valence-corrected chi connectivity index (χ3v) is 2.63. The van der Waals surface area contributed by atoms with Gasteiger partial charge in [-0.25, -0.2) is 8.78 Å². The van der Waals surface area contributed by atoms with E-state index in [1.807, 2.05) is 0 Å². The van der Waals surface area contributed by atoms with Gasteiger partial charge in [0.05, 0.1) is 0 Å². The number of alkyl halides is 1. The fraction of sp³-hybridized carbons (Fsp3) is 0.0714. The average molecular weight is 298 g/mol. The van der Waals surface area contributed by atoms with E-state index >= 15 is 0 Å². The summed E-state index contributed by atoms with van der Waals surface area (Å²) in [7, 11) is 0. The Morgan fingerprint density at radius 2 is 1.70 bits per heavy atom. The van der Waals surface area contributed by atoms with Crippen LogP contribution in [0.3, 0.4) is 0 Å². The van der Waals surface area contributed by atoms with E-state index in [0.29, 0.717) is 11.4 Å². The predicted molar refractivity (Wildman–Crippen MR) is 72.2 cm³/mol. The van der Waals surface area contributed by atoms with Crippen LogP contribution in [0.15, 0.2) is 42.5 Å². The van der Waals surface area contributed by atoms with Crippen LogP contribution in [0.25, 0.3) is 0 Å². The van der Waals surface area contributed by atoms with E-state index in [-0.39, 0.29) is 17.5 Å². The van der Waals surface area contributed by atoms with E-state index < -0.39 is 11.6 Å². The number of nitrogens with one attached hydrogen (secondary N) is 1. The number of hydrogen-bond donors (Lipinski definition) is 1. The lowest BCUT2D eigenvalue weighted by Gasteiger charge is -2.07. The van der Waals surface area contributed by atoms with Gasteiger partial charge in [-0.15, -0.1) is 11.6 Å². The van der Waals surface area contributed by atoms with Gasteiger partial charge in [-0.05, 0) is 36.4 Å². The van der Waals surface area contributed by atoms with Crippen LogP contribution in [0, 0.1) is 11.6 Å². The van der Waals surface area contributed by atoms with Crippen molar-refractivity contribution in [1.82, 2.24) is 0 Å². The first-order valence-corrected chi connectivity index (χ1v) is 6.21. The number of hydrogen-bond acceptors (Lipinski definition) is 2. The Morgan fingerprint density at radius 3 is 2.30 bits per heavy atom. The molecule has 2 aromatic rings. The lowest BCUT2D eigenvalue weighted by Crippen LogP contribution is -2.12. The van der Waals surface area contributed by atoms with Crippen LogP contribution in [-0.2, 0) is 4.79 Å². The topological polar surface area (TPSA) is 38.3 Å². The number of amides is 1. The zero-order valence-electron chi connectivity index (χ0n) is 10.2. The summed E-state index contributed by atoms with van der Waals surface area (Å²) in [6.45, 7) is 0. The summed E-state index contributed by atoms with van der Waals surface area (Å²) in [4.78, 5) is 11.1. The van der Waals surface area contributed by atoms with E-state index in [1.165, 1.54) is 6.07 Å². The molecule has 0 aliphatic heterocycles. The molecule has 0 saturated heterocycles. The number of rotatable bonds is 4. The lowest BCUT2D eigenvalue weighted by atomic mass is 10.3. The second kappa shape index (κ2) is 6.34. The van der Waals surface area contributed by atoms with Gasteiger partial charge in [-0.2, -0.15) is 0 Å². The van der Waals surface area contributed by atoms with E-state index in [1.54, 1.807) is 24.3 Å². The van der Waals surface area contributed by atoms with Crippen LogP contribution in [-0.4, -0.2) is 11.8 Å². The fourth-order valence-electron chi connectivity index (χ4n) is 1.48. The largest absolute Gasteiger partial charge is 0.457 e. The summed E-state index contributed by atoms with van der Waals surface area (Å²) >= 11 is 5.37. The van der Waals surface area contributed by atoms with Gasteiger partial charge in [-0.3, -0.25) is 4.79 Å². The normalized spacial score (nSPS) is 10.2. The molecule has 0 radical (unpaired) electrons. The molecule has 0 spiro atoms. The maximum absolute atomic E-state index is 13.0. The Kier molecular flexibility index (Phi) is 4.53. The van der Waals surface area contributed by atoms with Crippen molar-refractivity contribution in [1.29, 1.82) is 0 Å². The third-order valence-electron chi connectivity index (χ3n) is 2.39. The van der Waals surface area contributed by atoms with Gasteiger partial charge in [0.1, 0.15) is 17.4 Å². The van der Waals surface area contributed by atoms with Gasteiger partial charge in [-0.1, -0.05) is 0 Å². The summed E-state index contributed by atoms with van der Waals surface area (Å²) < 4.78 is 31.1. The minimum Gasteiger partial charge on any atom is -0.457 e. The van der Waals surface area contributed by atoms with Gasteiger partial charge in [0.25, 0.3) is 0 Å². The van der Waals surface area contributed by atoms with E-state index in [9.17, 15) is 13.6 Å². The molecule has 0 fully saturated rings. The highest BCUT2D eigenvalue weighted by Gasteiger charge is 2.05. The molecule has 1 amide bonds. The van der Waals surface area contributed by atoms with Crippen LogP contribution in [0.1, 0.15) is 0 Å². The second-order valence-electron chi connectivity index (χ2n) is 3.88. The van der Waals surface area contributed by atoms with Gasteiger partial charge >= 0.3 is 0 Å². The number of ether oxygens (including phenoxy) is 1. The fourth-order valence-corrected chi connectivity index (χ4v) is 1.54. The number of carbonyl (C=O) groups is 1. The molecule has 0 atom stereocenters. The molecule has 3 nitrogen and oxygen atoms in total. The summed E-state index contributed by atoms with van der Waals surface area (Å²) in [6, 6.07) is 9.66. The van der Waals surface area contributed by atoms with E-state index in [4.69, 9.17) is 16.3 Å². The molecule has 0 bridgehead atoms. The molecule has 1 N–H and O–H groups in total. The summed E-state index contributed by atoms with van der Waals surface area (Å²) in [6.07, 6.45) is 0. The number of benzene rings is 2. The second-order valence-corrected chi connectivity index (χ2v) is 4.15. The Bertz CT molecular complexity index is 617. The molecule has 20 heavy (non-hydrogen) atoms. The number of carbonyl (C=O) groups excluding carboxylic acids is 1. The van der Waals surface area contributed by atoms with E-state index in [2.05, 4.69) is 5.32 Å². The Labute approximate surface area is 119 Å². The number of anilines is 1. The summed E-state index contributed by atoms with van der Waals surface area (Å²) in [5.41, 5.74) is 0.563. The average Bonchev–Trinajstić information content (AvgIpc) is 2.45. The van der Waals surface area contributed by atoms with Gasteiger partial charge in [0.2, 0.25) is 5.91 Å². The van der Waals surface area contributed by atoms with Crippen molar-refractivity contribution < 1.29 is 18.3 Å². The molecule has 6 heteroatoms. The minimum absolute atomic E-state index is 0.132. The van der Waals surface area contributed by atoms with Crippen LogP contribution < -0.4 is 10.1 Å². The molecule has 0 unspecified atom stereocenters. The van der Waals surface area contributed by atoms with Crippen molar-refractivity contribution in [2.45, 2.75) is 0 Å². The Hall–Kier alpha value is -2.14. The first-order chi connectivity index (χ1) is 9.58. The van der Waals surface area contributed by atoms with E-state index in [0.717, 1.165) is 12.1 Å². The molecule has 2 rings (SSSR count). The summed E-state index contributed by atoms with van der Waals surface area (Å²) in [5, 5.41) is 2.56. The minimum atomic E-state index is -0.978. The van der Waals surface area contributed by atoms with Crippen LogP contribution in [0.4, 0.5) is 14.5 Å². The Balaban J connectivity index is 2.06. The smallest absolute Gasteiger partial charge is 0.239 e. The quantitative estimate of drug-likeness (QED) is 0.868. The molecule has 2 aromatic carbocycles. The predicted octanol–water partition coefficient (Wildman–Crippen LogP) is 3.93. The van der Waals surface area contributed by atoms with Crippen LogP contribution in [0.2, 0.25) is 0 Å². The molecule has 0 aromatic heterocycles. The molecule has 0 saturated carbocycles. The van der Waals surface area contributed by atoms with Crippen molar-refractivity contribution in [3.05, 3.63) is 54.1 Å². The van der Waals surface area contributed by atoms with Crippen LogP contribution in [0.5, 0.6) is 11.5 Å². The molecular formula is C14H10ClF2NO2. The van der Waals surface area contributed by atoms with Crippen molar-refractivity contribution in [3.8, 4) is 11.5 Å². The molecule has 104 valence electrons. The molecule has 0 heterocycles. The lowest BCUT2D eigenvalue weighted by molar-refractivity contribution is -0.113. The van der Waals surface area contributed by atoms with Gasteiger partial charge in [0, 0.05) is 11.8 Å². The highest BCUT2D eigenvalue weighted by atomic mass is 35.5. The highest BCUT2D eigenvalue weighted by molar-refractivity contribution is 6.29. The van der Waals surface area contributed by atoms with Crippen LogP contribution >= 0.6 is 11.6 Å². The summed E-state index contributed by atoms with van der Waals surface area (Å²) in [5.74, 6) is -1.75. The van der Waals surface area contributed by atoms with Crippen molar-refractivity contribution in [3.63, 3.8) is 0 Å². The third kappa shape index (κ3) is 3.68. The van der Waals surface area contributed by atoms with Crippen molar-refractivity contribution in [2.75, 3.05) is 11.2 Å². The molecule has 0 aliphatic carbocycles. The van der Waals surface area contributed by atoms with Crippen molar-refractivity contribution >= 4 is 23.2 Å². The first-order valence-electron chi connectivity index (χ1n) is 5.67. The van der Waals surface area contributed by atoms with Gasteiger partial charge in [0.15, 0.2) is 11.6 Å². The molecule has 0 aliphatic rings. The Morgan fingerprint density at radius 1 is 1.05 bits per heavy atom. The molecular weight excluding hydrogens is 288 g/mol. The maximum Gasteiger partial charge on any atom is 0.239 e. The van der Waals surface area contributed by atoms with Crippen molar-refractivity contribution in [2.24, 2.45) is 0 Å². The zero-order chi connectivity index (χ0) is 14.5. The van der Waals surface area contributed by atoms with Gasteiger partial charge < -0.3 is 10.1 Å². The highest BCUT2D eigenvalue weighted by Crippen LogP contribution is 2.24.